The minimum Gasteiger partial charge on any atom is -0.334 e. The van der Waals surface area contributed by atoms with Crippen molar-refractivity contribution >= 4 is 11.8 Å². The lowest BCUT2D eigenvalue weighted by atomic mass is 10.1. The van der Waals surface area contributed by atoms with E-state index in [0.717, 1.165) is 13.1 Å². The topological polar surface area (TPSA) is 29.9 Å². The van der Waals surface area contributed by atoms with Crippen LogP contribution in [-0.2, 0) is 6.54 Å². The van der Waals surface area contributed by atoms with Gasteiger partial charge in [0.1, 0.15) is 5.82 Å². The molecule has 1 aliphatic rings. The minimum absolute atomic E-state index is 0.430. The normalized spacial score (nSPS) is 21.3. The Morgan fingerprint density at radius 2 is 2.39 bits per heavy atom. The third-order valence-corrected chi connectivity index (χ3v) is 4.90. The monoisotopic (exact) mass is 267 g/mol. The number of rotatable bonds is 7. The van der Waals surface area contributed by atoms with Gasteiger partial charge in [0.15, 0.2) is 0 Å². The van der Waals surface area contributed by atoms with Crippen LogP contribution in [0, 0.1) is 0 Å². The zero-order chi connectivity index (χ0) is 12.8. The predicted molar refractivity (Wildman–Crippen MR) is 79.0 cm³/mol. The first-order valence-electron chi connectivity index (χ1n) is 7.22. The second-order valence-electron chi connectivity index (χ2n) is 4.96. The number of hydrogen-bond acceptors (Lipinski definition) is 3. The zero-order valence-corrected chi connectivity index (χ0v) is 12.4. The van der Waals surface area contributed by atoms with Gasteiger partial charge in [0.25, 0.3) is 0 Å². The predicted octanol–water partition coefficient (Wildman–Crippen LogP) is 3.23. The number of hydrogen-bond donors (Lipinski definition) is 1. The molecule has 1 aromatic rings. The zero-order valence-electron chi connectivity index (χ0n) is 11.6. The van der Waals surface area contributed by atoms with Crippen molar-refractivity contribution in [3.8, 4) is 0 Å². The molecule has 1 aliphatic heterocycles. The highest BCUT2D eigenvalue weighted by molar-refractivity contribution is 8.00. The van der Waals surface area contributed by atoms with Gasteiger partial charge in [-0.3, -0.25) is 0 Å². The first-order valence-corrected chi connectivity index (χ1v) is 8.27. The van der Waals surface area contributed by atoms with Crippen molar-refractivity contribution < 1.29 is 0 Å². The van der Waals surface area contributed by atoms with Crippen LogP contribution in [0.3, 0.4) is 0 Å². The molecule has 3 nitrogen and oxygen atoms in total. The van der Waals surface area contributed by atoms with Gasteiger partial charge in [0.2, 0.25) is 0 Å². The SMILES string of the molecule is CCCNC(c1nccn1CCC)C1CCCS1. The lowest BCUT2D eigenvalue weighted by molar-refractivity contribution is 0.457. The van der Waals surface area contributed by atoms with E-state index in [4.69, 9.17) is 0 Å². The smallest absolute Gasteiger partial charge is 0.126 e. The summed E-state index contributed by atoms with van der Waals surface area (Å²) in [5.41, 5.74) is 0. The fraction of sp³-hybridized carbons (Fsp3) is 0.786. The molecule has 0 bridgehead atoms. The molecule has 0 aliphatic carbocycles. The maximum absolute atomic E-state index is 4.62. The van der Waals surface area contributed by atoms with Crippen LogP contribution in [0.25, 0.3) is 0 Å². The van der Waals surface area contributed by atoms with Gasteiger partial charge in [0, 0.05) is 24.2 Å². The minimum atomic E-state index is 0.430. The van der Waals surface area contributed by atoms with Crippen LogP contribution >= 0.6 is 11.8 Å². The van der Waals surface area contributed by atoms with Crippen LogP contribution in [0.15, 0.2) is 12.4 Å². The largest absolute Gasteiger partial charge is 0.334 e. The van der Waals surface area contributed by atoms with Crippen LogP contribution in [-0.4, -0.2) is 27.1 Å². The van der Waals surface area contributed by atoms with Crippen molar-refractivity contribution in [1.29, 1.82) is 0 Å². The maximum Gasteiger partial charge on any atom is 0.126 e. The highest BCUT2D eigenvalue weighted by atomic mass is 32.2. The van der Waals surface area contributed by atoms with E-state index in [2.05, 4.69) is 46.7 Å². The summed E-state index contributed by atoms with van der Waals surface area (Å²) in [7, 11) is 0. The van der Waals surface area contributed by atoms with E-state index >= 15 is 0 Å². The van der Waals surface area contributed by atoms with E-state index in [-0.39, 0.29) is 0 Å². The van der Waals surface area contributed by atoms with Gasteiger partial charge in [0.05, 0.1) is 6.04 Å². The van der Waals surface area contributed by atoms with Crippen LogP contribution < -0.4 is 5.32 Å². The van der Waals surface area contributed by atoms with Gasteiger partial charge in [-0.1, -0.05) is 13.8 Å². The first kappa shape index (κ1) is 13.9. The first-order chi connectivity index (χ1) is 8.86. The van der Waals surface area contributed by atoms with E-state index in [1.807, 2.05) is 6.20 Å². The molecular formula is C14H25N3S. The van der Waals surface area contributed by atoms with E-state index in [1.165, 1.54) is 37.3 Å². The molecule has 1 aromatic heterocycles. The van der Waals surface area contributed by atoms with Gasteiger partial charge in [-0.15, -0.1) is 0 Å². The molecule has 1 fully saturated rings. The van der Waals surface area contributed by atoms with E-state index in [1.54, 1.807) is 0 Å². The standard InChI is InChI=1S/C14H25N3S/c1-3-7-15-13(12-6-5-11-18-12)14-16-8-10-17(14)9-4-2/h8,10,12-13,15H,3-7,9,11H2,1-2H3. The lowest BCUT2D eigenvalue weighted by Gasteiger charge is -2.24. The van der Waals surface area contributed by atoms with Crippen LogP contribution in [0.4, 0.5) is 0 Å². The number of thioether (sulfide) groups is 1. The Balaban J connectivity index is 2.12. The molecule has 0 saturated carbocycles. The van der Waals surface area contributed by atoms with Crippen molar-refractivity contribution in [2.24, 2.45) is 0 Å². The van der Waals surface area contributed by atoms with E-state index in [0.29, 0.717) is 11.3 Å². The Morgan fingerprint density at radius 3 is 3.06 bits per heavy atom. The maximum atomic E-state index is 4.62. The Kier molecular flexibility index (Phi) is 5.57. The molecule has 1 N–H and O–H groups in total. The lowest BCUT2D eigenvalue weighted by Crippen LogP contribution is -2.32. The molecule has 18 heavy (non-hydrogen) atoms. The number of aryl methyl sites for hydroxylation is 1. The van der Waals surface area contributed by atoms with Crippen molar-refractivity contribution in [3.05, 3.63) is 18.2 Å². The van der Waals surface area contributed by atoms with Gasteiger partial charge < -0.3 is 9.88 Å². The second-order valence-corrected chi connectivity index (χ2v) is 6.31. The summed E-state index contributed by atoms with van der Waals surface area (Å²) in [5, 5.41) is 4.41. The molecule has 1 saturated heterocycles. The van der Waals surface area contributed by atoms with Crippen molar-refractivity contribution in [3.63, 3.8) is 0 Å². The van der Waals surface area contributed by atoms with Gasteiger partial charge in [-0.05, 0) is 38.0 Å². The average molecular weight is 267 g/mol. The summed E-state index contributed by atoms with van der Waals surface area (Å²) in [6.45, 7) is 6.62. The highest BCUT2D eigenvalue weighted by Gasteiger charge is 2.29. The molecule has 0 aromatic carbocycles. The Bertz CT molecular complexity index is 345. The van der Waals surface area contributed by atoms with Crippen LogP contribution in [0.2, 0.25) is 0 Å². The number of imidazole rings is 1. The molecule has 0 radical (unpaired) electrons. The third-order valence-electron chi connectivity index (χ3n) is 3.44. The number of nitrogens with one attached hydrogen (secondary N) is 1. The van der Waals surface area contributed by atoms with Gasteiger partial charge in [-0.25, -0.2) is 4.98 Å². The Hall–Kier alpha value is -0.480. The van der Waals surface area contributed by atoms with Crippen LogP contribution in [0.5, 0.6) is 0 Å². The number of nitrogens with zero attached hydrogens (tertiary/aromatic N) is 2. The summed E-state index contributed by atoms with van der Waals surface area (Å²) in [4.78, 5) is 4.62. The molecule has 2 unspecified atom stereocenters. The summed E-state index contributed by atoms with van der Waals surface area (Å²) in [6.07, 6.45) is 9.10. The van der Waals surface area contributed by atoms with Crippen molar-refractivity contribution in [2.45, 2.75) is 57.4 Å². The van der Waals surface area contributed by atoms with Gasteiger partial charge in [-0.2, -0.15) is 11.8 Å². The quantitative estimate of drug-likeness (QED) is 0.822. The summed E-state index contributed by atoms with van der Waals surface area (Å²) in [5.74, 6) is 2.55. The van der Waals surface area contributed by atoms with Crippen molar-refractivity contribution in [2.75, 3.05) is 12.3 Å². The molecule has 2 atom stereocenters. The number of aromatic nitrogens is 2. The second kappa shape index (κ2) is 7.19. The summed E-state index contributed by atoms with van der Waals surface area (Å²) >= 11 is 2.11. The molecule has 0 amide bonds. The van der Waals surface area contributed by atoms with Gasteiger partial charge >= 0.3 is 0 Å². The van der Waals surface area contributed by atoms with Crippen LogP contribution in [0.1, 0.15) is 51.4 Å². The van der Waals surface area contributed by atoms with E-state index in [9.17, 15) is 0 Å². The molecule has 102 valence electrons. The molecular weight excluding hydrogens is 242 g/mol. The summed E-state index contributed by atoms with van der Waals surface area (Å²) in [6, 6.07) is 0.430. The van der Waals surface area contributed by atoms with Crippen molar-refractivity contribution in [1.82, 2.24) is 14.9 Å². The average Bonchev–Trinajstić information content (AvgIpc) is 3.02. The molecule has 2 rings (SSSR count). The molecule has 4 heteroatoms. The third kappa shape index (κ3) is 3.29. The summed E-state index contributed by atoms with van der Waals surface area (Å²) < 4.78 is 2.33. The fourth-order valence-corrected chi connectivity index (χ4v) is 3.96. The Morgan fingerprint density at radius 1 is 1.50 bits per heavy atom. The fourth-order valence-electron chi connectivity index (χ4n) is 2.58. The highest BCUT2D eigenvalue weighted by Crippen LogP contribution is 2.35. The molecule has 2 heterocycles. The van der Waals surface area contributed by atoms with E-state index < -0.39 is 0 Å². The Labute approximate surface area is 115 Å². The molecule has 0 spiro atoms.